The Bertz CT molecular complexity index is 706. The van der Waals surface area contributed by atoms with Gasteiger partial charge < -0.3 is 15.0 Å². The molecule has 0 bridgehead atoms. The molecule has 0 aliphatic carbocycles. The fourth-order valence-corrected chi connectivity index (χ4v) is 2.54. The van der Waals surface area contributed by atoms with Crippen molar-refractivity contribution in [3.63, 3.8) is 0 Å². The molecule has 2 N–H and O–H groups in total. The summed E-state index contributed by atoms with van der Waals surface area (Å²) in [6.07, 6.45) is 3.14. The Balaban J connectivity index is 0.00000176. The third-order valence-corrected chi connectivity index (χ3v) is 3.73. The highest BCUT2D eigenvalue weighted by Crippen LogP contribution is 2.17. The number of ether oxygens (including phenoxy) is 1. The summed E-state index contributed by atoms with van der Waals surface area (Å²) in [5.41, 5.74) is 3.85. The summed E-state index contributed by atoms with van der Waals surface area (Å²) in [4.78, 5) is 3.32. The summed E-state index contributed by atoms with van der Waals surface area (Å²) in [5, 5.41) is 4.81. The largest absolute Gasteiger partial charge is 0.497 e. The molecule has 0 radical (unpaired) electrons. The van der Waals surface area contributed by atoms with Crippen LogP contribution in [0.25, 0.3) is 10.9 Å². The number of aromatic amines is 1. The van der Waals surface area contributed by atoms with E-state index in [-0.39, 0.29) is 17.0 Å². The van der Waals surface area contributed by atoms with E-state index in [1.54, 1.807) is 7.11 Å². The van der Waals surface area contributed by atoms with Gasteiger partial charge >= 0.3 is 0 Å². The molecule has 22 heavy (non-hydrogen) atoms. The molecule has 3 rings (SSSR count). The van der Waals surface area contributed by atoms with Crippen LogP contribution in [0.1, 0.15) is 11.1 Å². The number of methoxy groups -OCH3 is 1. The number of nitrogens with one attached hydrogen (secondary N) is 2. The molecule has 4 heteroatoms. The molecule has 2 aromatic carbocycles. The molecule has 0 saturated carbocycles. The van der Waals surface area contributed by atoms with E-state index in [1.807, 2.05) is 12.1 Å². The average Bonchev–Trinajstić information content (AvgIpc) is 2.95. The summed E-state index contributed by atoms with van der Waals surface area (Å²) >= 11 is 0. The fourth-order valence-electron chi connectivity index (χ4n) is 2.54. The van der Waals surface area contributed by atoms with Crippen LogP contribution in [0, 0.1) is 0 Å². The van der Waals surface area contributed by atoms with Crippen molar-refractivity contribution in [1.82, 2.24) is 10.3 Å². The Kier molecular flexibility index (Phi) is 6.04. The normalized spacial score (nSPS) is 10.4. The molecule has 116 valence electrons. The molecule has 1 heterocycles. The van der Waals surface area contributed by atoms with Crippen molar-refractivity contribution in [2.75, 3.05) is 13.7 Å². The van der Waals surface area contributed by atoms with Gasteiger partial charge in [-0.25, -0.2) is 0 Å². The van der Waals surface area contributed by atoms with E-state index in [9.17, 15) is 0 Å². The highest BCUT2D eigenvalue weighted by Gasteiger charge is 2.02. The minimum Gasteiger partial charge on any atom is -0.497 e. The van der Waals surface area contributed by atoms with Crippen LogP contribution in [-0.2, 0) is 13.0 Å². The Morgan fingerprint density at radius 2 is 1.82 bits per heavy atom. The van der Waals surface area contributed by atoms with E-state index in [1.165, 1.54) is 22.0 Å². The standard InChI is InChI=1S/C18H20N2O.BrH/c1-21-16-8-6-14(7-9-16)12-19-11-10-15-13-20-18-5-3-2-4-17(15)18;/h2-9,13,19-20H,10-12H2,1H3;1H. The van der Waals surface area contributed by atoms with Gasteiger partial charge in [0, 0.05) is 23.6 Å². The summed E-state index contributed by atoms with van der Waals surface area (Å²) in [7, 11) is 1.69. The quantitative estimate of drug-likeness (QED) is 0.649. The first kappa shape index (κ1) is 16.6. The predicted octanol–water partition coefficient (Wildman–Crippen LogP) is 4.09. The van der Waals surface area contributed by atoms with E-state index in [0.29, 0.717) is 0 Å². The molecule has 3 aromatic rings. The van der Waals surface area contributed by atoms with Gasteiger partial charge in [0.05, 0.1) is 7.11 Å². The summed E-state index contributed by atoms with van der Waals surface area (Å²) in [5.74, 6) is 0.901. The molecule has 0 spiro atoms. The Labute approximate surface area is 141 Å². The van der Waals surface area contributed by atoms with E-state index in [4.69, 9.17) is 4.74 Å². The number of hydrogen-bond donors (Lipinski definition) is 2. The lowest BCUT2D eigenvalue weighted by Gasteiger charge is -2.06. The number of hydrogen-bond acceptors (Lipinski definition) is 2. The molecule has 0 atom stereocenters. The van der Waals surface area contributed by atoms with Crippen LogP contribution in [0.15, 0.2) is 54.7 Å². The van der Waals surface area contributed by atoms with Crippen molar-refractivity contribution in [2.45, 2.75) is 13.0 Å². The molecular formula is C18H21BrN2O. The second-order valence-corrected chi connectivity index (χ2v) is 5.13. The van der Waals surface area contributed by atoms with Crippen LogP contribution in [0.4, 0.5) is 0 Å². The second-order valence-electron chi connectivity index (χ2n) is 5.13. The molecule has 1 aromatic heterocycles. The summed E-state index contributed by atoms with van der Waals surface area (Å²) in [6, 6.07) is 16.6. The van der Waals surface area contributed by atoms with Gasteiger partial charge in [0.15, 0.2) is 0 Å². The minimum atomic E-state index is 0. The molecule has 0 amide bonds. The van der Waals surface area contributed by atoms with Crippen LogP contribution < -0.4 is 10.1 Å². The molecule has 0 fully saturated rings. The zero-order valence-corrected chi connectivity index (χ0v) is 14.3. The number of rotatable bonds is 6. The third-order valence-electron chi connectivity index (χ3n) is 3.73. The number of aromatic nitrogens is 1. The maximum atomic E-state index is 5.16. The van der Waals surface area contributed by atoms with E-state index in [2.05, 4.69) is 52.9 Å². The number of halogens is 1. The van der Waals surface area contributed by atoms with E-state index >= 15 is 0 Å². The zero-order chi connectivity index (χ0) is 14.5. The summed E-state index contributed by atoms with van der Waals surface area (Å²) in [6.45, 7) is 1.85. The molecule has 0 saturated heterocycles. The first-order valence-electron chi connectivity index (χ1n) is 7.25. The molecule has 0 unspecified atom stereocenters. The molecule has 3 nitrogen and oxygen atoms in total. The van der Waals surface area contributed by atoms with Crippen molar-refractivity contribution >= 4 is 27.9 Å². The first-order valence-corrected chi connectivity index (χ1v) is 7.25. The topological polar surface area (TPSA) is 37.0 Å². The van der Waals surface area contributed by atoms with Crippen LogP contribution in [0.3, 0.4) is 0 Å². The first-order chi connectivity index (χ1) is 10.4. The Morgan fingerprint density at radius 1 is 1.05 bits per heavy atom. The number of H-pyrrole nitrogens is 1. The summed E-state index contributed by atoms with van der Waals surface area (Å²) < 4.78 is 5.16. The van der Waals surface area contributed by atoms with E-state index in [0.717, 1.165) is 25.3 Å². The maximum Gasteiger partial charge on any atom is 0.118 e. The minimum absolute atomic E-state index is 0. The zero-order valence-electron chi connectivity index (χ0n) is 12.6. The van der Waals surface area contributed by atoms with Gasteiger partial charge in [0.25, 0.3) is 0 Å². The number of fused-ring (bicyclic) bond motifs is 1. The van der Waals surface area contributed by atoms with Gasteiger partial charge in [-0.2, -0.15) is 0 Å². The Morgan fingerprint density at radius 3 is 2.59 bits per heavy atom. The van der Waals surface area contributed by atoms with Crippen molar-refractivity contribution in [3.8, 4) is 5.75 Å². The number of para-hydroxylation sites is 1. The van der Waals surface area contributed by atoms with Crippen LogP contribution >= 0.6 is 17.0 Å². The Hall–Kier alpha value is -1.78. The second kappa shape index (κ2) is 8.01. The van der Waals surface area contributed by atoms with Crippen LogP contribution in [-0.4, -0.2) is 18.6 Å². The lowest BCUT2D eigenvalue weighted by atomic mass is 10.1. The predicted molar refractivity (Wildman–Crippen MR) is 97.0 cm³/mol. The van der Waals surface area contributed by atoms with Gasteiger partial charge in [0.1, 0.15) is 5.75 Å². The highest BCUT2D eigenvalue weighted by atomic mass is 79.9. The third kappa shape index (κ3) is 3.90. The van der Waals surface area contributed by atoms with Crippen molar-refractivity contribution in [1.29, 1.82) is 0 Å². The smallest absolute Gasteiger partial charge is 0.118 e. The van der Waals surface area contributed by atoms with Gasteiger partial charge in [-0.05, 0) is 42.3 Å². The molecule has 0 aliphatic heterocycles. The van der Waals surface area contributed by atoms with Gasteiger partial charge in [-0.1, -0.05) is 30.3 Å². The average molecular weight is 361 g/mol. The van der Waals surface area contributed by atoms with Gasteiger partial charge in [0.2, 0.25) is 0 Å². The van der Waals surface area contributed by atoms with Crippen molar-refractivity contribution in [2.24, 2.45) is 0 Å². The molecular weight excluding hydrogens is 340 g/mol. The van der Waals surface area contributed by atoms with Gasteiger partial charge in [-0.15, -0.1) is 17.0 Å². The lowest BCUT2D eigenvalue weighted by Crippen LogP contribution is -2.16. The SMILES string of the molecule is Br.COc1ccc(CNCCc2c[nH]c3ccccc23)cc1. The monoisotopic (exact) mass is 360 g/mol. The van der Waals surface area contributed by atoms with Crippen molar-refractivity contribution in [3.05, 3.63) is 65.9 Å². The highest BCUT2D eigenvalue weighted by molar-refractivity contribution is 8.93. The fraction of sp³-hybridized carbons (Fsp3) is 0.222. The molecule has 0 aliphatic rings. The lowest BCUT2D eigenvalue weighted by molar-refractivity contribution is 0.414. The van der Waals surface area contributed by atoms with E-state index < -0.39 is 0 Å². The maximum absolute atomic E-state index is 5.16. The van der Waals surface area contributed by atoms with Crippen molar-refractivity contribution < 1.29 is 4.74 Å². The number of benzene rings is 2. The van der Waals surface area contributed by atoms with Crippen LogP contribution in [0.2, 0.25) is 0 Å². The van der Waals surface area contributed by atoms with Gasteiger partial charge in [-0.3, -0.25) is 0 Å². The van der Waals surface area contributed by atoms with Crippen LogP contribution in [0.5, 0.6) is 5.75 Å².